The Morgan fingerprint density at radius 2 is 1.14 bits per heavy atom. The van der Waals surface area contributed by atoms with Crippen LogP contribution in [-0.2, 0) is 5.41 Å². The number of nitrogens with zero attached hydrogens (tertiary/aromatic N) is 4. The molecule has 10 aromatic rings. The summed E-state index contributed by atoms with van der Waals surface area (Å²) in [5, 5.41) is 7.40. The van der Waals surface area contributed by atoms with Crippen LogP contribution < -0.4 is 4.90 Å². The molecule has 59 heavy (non-hydrogen) atoms. The van der Waals surface area contributed by atoms with E-state index in [1.165, 1.54) is 65.6 Å². The molecule has 1 aliphatic heterocycles. The van der Waals surface area contributed by atoms with Gasteiger partial charge in [0.15, 0.2) is 0 Å². The highest BCUT2D eigenvalue weighted by atomic mass is 15.5. The lowest BCUT2D eigenvalue weighted by Crippen LogP contribution is -2.47. The zero-order chi connectivity index (χ0) is 39.1. The van der Waals surface area contributed by atoms with Crippen LogP contribution in [0.2, 0.25) is 0 Å². The lowest BCUT2D eigenvalue weighted by molar-refractivity contribution is 0.528. The molecule has 0 amide bonds. The smallest absolute Gasteiger partial charge is 0.211 e. The molecule has 0 saturated carbocycles. The van der Waals surface area contributed by atoms with Crippen molar-refractivity contribution in [1.29, 1.82) is 0 Å². The normalized spacial score (nSPS) is 17.8. The van der Waals surface area contributed by atoms with Crippen molar-refractivity contribution in [2.24, 2.45) is 4.99 Å². The van der Waals surface area contributed by atoms with Gasteiger partial charge >= 0.3 is 0 Å². The van der Waals surface area contributed by atoms with Gasteiger partial charge in [-0.05, 0) is 82.4 Å². The molecule has 1 aliphatic carbocycles. The van der Waals surface area contributed by atoms with Crippen molar-refractivity contribution in [1.82, 2.24) is 9.13 Å². The summed E-state index contributed by atoms with van der Waals surface area (Å²) < 4.78 is 4.90. The van der Waals surface area contributed by atoms with Crippen LogP contribution >= 0.6 is 0 Å². The highest BCUT2D eigenvalue weighted by Crippen LogP contribution is 2.45. The van der Waals surface area contributed by atoms with Gasteiger partial charge in [0.25, 0.3) is 0 Å². The van der Waals surface area contributed by atoms with Crippen LogP contribution in [-0.4, -0.2) is 15.0 Å². The Morgan fingerprint density at radius 1 is 0.508 bits per heavy atom. The second-order valence-corrected chi connectivity index (χ2v) is 16.2. The first kappa shape index (κ1) is 33.7. The van der Waals surface area contributed by atoms with Gasteiger partial charge in [-0.2, -0.15) is 0 Å². The number of hydrogen-bond donors (Lipinski definition) is 0. The van der Waals surface area contributed by atoms with Crippen molar-refractivity contribution in [2.75, 3.05) is 4.90 Å². The van der Waals surface area contributed by atoms with Gasteiger partial charge in [0.05, 0.1) is 22.1 Å². The molecule has 2 unspecified atom stereocenters. The summed E-state index contributed by atoms with van der Waals surface area (Å²) in [6, 6.07) is 68.4. The Hall–Kier alpha value is -7.43. The first-order valence-corrected chi connectivity index (χ1v) is 20.5. The molecule has 0 spiro atoms. The van der Waals surface area contributed by atoms with E-state index in [1.807, 2.05) is 0 Å². The zero-order valence-corrected chi connectivity index (χ0v) is 32.7. The van der Waals surface area contributed by atoms with Crippen molar-refractivity contribution in [3.63, 3.8) is 0 Å². The molecule has 3 heterocycles. The van der Waals surface area contributed by atoms with Crippen LogP contribution in [0.25, 0.3) is 71.2 Å². The van der Waals surface area contributed by atoms with Gasteiger partial charge in [-0.1, -0.05) is 165 Å². The van der Waals surface area contributed by atoms with Crippen LogP contribution in [0, 0.1) is 0 Å². The third-order valence-corrected chi connectivity index (χ3v) is 12.7. The second kappa shape index (κ2) is 13.1. The number of anilines is 1. The fraction of sp³-hybridized carbons (Fsp3) is 0.0727. The van der Waals surface area contributed by atoms with Crippen molar-refractivity contribution in [3.05, 3.63) is 217 Å². The van der Waals surface area contributed by atoms with E-state index in [9.17, 15) is 0 Å². The van der Waals surface area contributed by atoms with Gasteiger partial charge in [0.1, 0.15) is 5.84 Å². The van der Waals surface area contributed by atoms with Crippen LogP contribution in [0.5, 0.6) is 0 Å². The Kier molecular flexibility index (Phi) is 7.45. The van der Waals surface area contributed by atoms with Gasteiger partial charge in [-0.3, -0.25) is 4.90 Å². The van der Waals surface area contributed by atoms with Crippen LogP contribution in [0.4, 0.5) is 5.69 Å². The van der Waals surface area contributed by atoms with Gasteiger partial charge in [0.2, 0.25) is 6.29 Å². The zero-order valence-electron chi connectivity index (χ0n) is 32.7. The third kappa shape index (κ3) is 5.26. The number of amidine groups is 1. The lowest BCUT2D eigenvalue weighted by atomic mass is 9.76. The largest absolute Gasteiger partial charge is 0.309 e. The highest BCUT2D eigenvalue weighted by Gasteiger charge is 2.38. The van der Waals surface area contributed by atoms with Gasteiger partial charge < -0.3 is 9.13 Å². The Labute approximate surface area is 342 Å². The molecule has 4 heteroatoms. The van der Waals surface area contributed by atoms with E-state index in [0.29, 0.717) is 0 Å². The molecule has 0 bridgehead atoms. The van der Waals surface area contributed by atoms with Crippen molar-refractivity contribution < 1.29 is 0 Å². The van der Waals surface area contributed by atoms with Crippen molar-refractivity contribution >= 4 is 65.9 Å². The fourth-order valence-electron chi connectivity index (χ4n) is 9.63. The molecule has 280 valence electrons. The number of aromatic nitrogens is 2. The van der Waals surface area contributed by atoms with E-state index >= 15 is 0 Å². The average molecular weight is 757 g/mol. The number of benzene rings is 8. The molecule has 0 radical (unpaired) electrons. The van der Waals surface area contributed by atoms with Crippen LogP contribution in [0.3, 0.4) is 0 Å². The van der Waals surface area contributed by atoms with Crippen molar-refractivity contribution in [3.8, 4) is 16.8 Å². The minimum absolute atomic E-state index is 0.0797. The van der Waals surface area contributed by atoms with Crippen molar-refractivity contribution in [2.45, 2.75) is 25.0 Å². The molecule has 4 nitrogen and oxygen atoms in total. The van der Waals surface area contributed by atoms with Gasteiger partial charge in [0, 0.05) is 43.9 Å². The summed E-state index contributed by atoms with van der Waals surface area (Å²) >= 11 is 0. The predicted octanol–water partition coefficient (Wildman–Crippen LogP) is 13.9. The molecule has 2 atom stereocenters. The summed E-state index contributed by atoms with van der Waals surface area (Å²) in [5.74, 6) is 0.987. The van der Waals surface area contributed by atoms with E-state index in [1.54, 1.807) is 0 Å². The summed E-state index contributed by atoms with van der Waals surface area (Å²) in [7, 11) is 0. The molecule has 2 aromatic heterocycles. The van der Waals surface area contributed by atoms with E-state index in [0.717, 1.165) is 34.7 Å². The molecule has 0 N–H and O–H groups in total. The summed E-state index contributed by atoms with van der Waals surface area (Å²) in [6.07, 6.45) is 7.63. The SMILES string of the molecule is CC1(c2ccccc2)C=CC(C2=NC(n3c4cc(-n5c6ccccc6c6ccccc65)ccc4c4cc5ccccc5cc43)N2c2cccc(-c3ccccc3)c2)=CC1. The Morgan fingerprint density at radius 3 is 1.86 bits per heavy atom. The molecule has 2 aliphatic rings. The summed E-state index contributed by atoms with van der Waals surface area (Å²) in [6.45, 7) is 2.33. The van der Waals surface area contributed by atoms with E-state index in [-0.39, 0.29) is 11.7 Å². The Balaban J connectivity index is 1.09. The molecule has 0 fully saturated rings. The quantitative estimate of drug-likeness (QED) is 0.166. The number of allylic oxidation sites excluding steroid dienone is 2. The number of rotatable bonds is 6. The summed E-state index contributed by atoms with van der Waals surface area (Å²) in [4.78, 5) is 8.07. The minimum atomic E-state index is -0.317. The van der Waals surface area contributed by atoms with Crippen LogP contribution in [0.15, 0.2) is 217 Å². The van der Waals surface area contributed by atoms with E-state index in [4.69, 9.17) is 4.99 Å². The van der Waals surface area contributed by atoms with E-state index in [2.05, 4.69) is 227 Å². The molecule has 12 rings (SSSR count). The number of aliphatic imine (C=N–C) groups is 1. The van der Waals surface area contributed by atoms with Gasteiger partial charge in [-0.25, -0.2) is 4.99 Å². The fourth-order valence-corrected chi connectivity index (χ4v) is 9.63. The highest BCUT2D eigenvalue weighted by molar-refractivity contribution is 6.18. The van der Waals surface area contributed by atoms with E-state index < -0.39 is 0 Å². The number of hydrogen-bond acceptors (Lipinski definition) is 2. The molecule has 0 saturated heterocycles. The first-order chi connectivity index (χ1) is 29.1. The molecular formula is C55H40N4. The predicted molar refractivity (Wildman–Crippen MR) is 248 cm³/mol. The molecular weight excluding hydrogens is 717 g/mol. The Bertz CT molecular complexity index is 3330. The minimum Gasteiger partial charge on any atom is -0.309 e. The maximum Gasteiger partial charge on any atom is 0.211 e. The summed E-state index contributed by atoms with van der Waals surface area (Å²) in [5.41, 5.74) is 11.7. The monoisotopic (exact) mass is 756 g/mol. The topological polar surface area (TPSA) is 25.5 Å². The number of para-hydroxylation sites is 2. The lowest BCUT2D eigenvalue weighted by Gasteiger charge is -2.43. The standard InChI is InChI=1S/C55H40N4/c1-55(42-20-6-3-7-21-42)31-29-38(30-32-55)53-56-54(58(53)43-22-14-19-39(33-43)37-15-4-2-5-16-37)59-51-35-41-18-9-8-17-40(41)34-48(51)47-28-27-44(36-52(47)59)57-49-25-12-10-23-45(49)46-24-11-13-26-50(46)57/h2-31,33-36,54H,32H2,1H3. The third-order valence-electron chi connectivity index (χ3n) is 12.7. The average Bonchev–Trinajstić information content (AvgIpc) is 3.78. The first-order valence-electron chi connectivity index (χ1n) is 20.5. The second-order valence-electron chi connectivity index (χ2n) is 16.2. The maximum atomic E-state index is 5.62. The van der Waals surface area contributed by atoms with Crippen LogP contribution in [0.1, 0.15) is 25.2 Å². The van der Waals surface area contributed by atoms with Gasteiger partial charge in [-0.15, -0.1) is 0 Å². The number of fused-ring (bicyclic) bond motifs is 7. The molecule has 8 aromatic carbocycles. The maximum absolute atomic E-state index is 5.62.